The van der Waals surface area contributed by atoms with Crippen LogP contribution in [0, 0.1) is 0 Å². The summed E-state index contributed by atoms with van der Waals surface area (Å²) in [6, 6.07) is 13.0. The van der Waals surface area contributed by atoms with Crippen LogP contribution < -0.4 is 5.32 Å². The third-order valence-corrected chi connectivity index (χ3v) is 6.32. The average molecular weight is 521 g/mol. The van der Waals surface area contributed by atoms with E-state index in [4.69, 9.17) is 4.74 Å². The molecule has 4 rings (SSSR count). The molecule has 0 radical (unpaired) electrons. The summed E-state index contributed by atoms with van der Waals surface area (Å²) < 4.78 is 5.32. The number of piperidine rings is 1. The summed E-state index contributed by atoms with van der Waals surface area (Å²) in [6.07, 6.45) is -0.00240. The SMILES string of the molecule is CN(C)CC(=O)N[C@@H](Cc1ccccc1)C(=O)OCN1C(=O)CCC(N2C(=O)c3ccccc3C2=O)C1=O. The van der Waals surface area contributed by atoms with Crippen molar-refractivity contribution in [2.75, 3.05) is 27.4 Å². The molecule has 0 saturated carbocycles. The van der Waals surface area contributed by atoms with E-state index in [2.05, 4.69) is 5.32 Å². The summed E-state index contributed by atoms with van der Waals surface area (Å²) in [7, 11) is 3.42. The number of nitrogens with zero attached hydrogens (tertiary/aromatic N) is 3. The van der Waals surface area contributed by atoms with E-state index in [0.29, 0.717) is 0 Å². The Morgan fingerprint density at radius 2 is 1.58 bits per heavy atom. The molecule has 1 N–H and O–H groups in total. The zero-order valence-electron chi connectivity index (χ0n) is 21.1. The van der Waals surface area contributed by atoms with E-state index < -0.39 is 54.3 Å². The molecular weight excluding hydrogens is 492 g/mol. The standard InChI is InChI=1S/C27H28N4O7/c1-29(2)15-22(32)28-20(14-17-8-4-3-5-9-17)27(37)38-16-30-23(33)13-12-21(26(30)36)31-24(34)18-10-6-7-11-19(18)25(31)35/h3-11,20-21H,12-16H2,1-2H3,(H,28,32)/t20-,21?/m0/s1. The van der Waals surface area contributed by atoms with Gasteiger partial charge in [0.1, 0.15) is 12.1 Å². The van der Waals surface area contributed by atoms with E-state index in [0.717, 1.165) is 15.4 Å². The number of nitrogens with one attached hydrogen (secondary N) is 1. The molecule has 11 nitrogen and oxygen atoms in total. The highest BCUT2D eigenvalue weighted by molar-refractivity contribution is 6.23. The molecule has 0 bridgehead atoms. The number of esters is 1. The van der Waals surface area contributed by atoms with Crippen LogP contribution in [0.1, 0.15) is 39.1 Å². The first kappa shape index (κ1) is 26.7. The van der Waals surface area contributed by atoms with E-state index >= 15 is 0 Å². The van der Waals surface area contributed by atoms with Gasteiger partial charge in [0.05, 0.1) is 17.7 Å². The number of fused-ring (bicyclic) bond motifs is 1. The zero-order chi connectivity index (χ0) is 27.4. The number of rotatable bonds is 9. The Labute approximate surface area is 219 Å². The Kier molecular flexibility index (Phi) is 7.96. The van der Waals surface area contributed by atoms with Crippen LogP contribution >= 0.6 is 0 Å². The molecule has 1 unspecified atom stereocenters. The number of carbonyl (C=O) groups is 6. The highest BCUT2D eigenvalue weighted by Gasteiger charge is 2.47. The third kappa shape index (κ3) is 5.62. The van der Waals surface area contributed by atoms with Gasteiger partial charge in [-0.2, -0.15) is 0 Å². The van der Waals surface area contributed by atoms with Crippen LogP contribution in [0.3, 0.4) is 0 Å². The zero-order valence-corrected chi connectivity index (χ0v) is 21.1. The predicted molar refractivity (Wildman–Crippen MR) is 133 cm³/mol. The van der Waals surface area contributed by atoms with Crippen molar-refractivity contribution in [3.05, 3.63) is 71.3 Å². The quantitative estimate of drug-likeness (QED) is 0.375. The van der Waals surface area contributed by atoms with Crippen molar-refractivity contribution < 1.29 is 33.5 Å². The molecule has 0 aromatic heterocycles. The fraction of sp³-hybridized carbons (Fsp3) is 0.333. The Hall–Kier alpha value is -4.38. The van der Waals surface area contributed by atoms with Gasteiger partial charge in [-0.05, 0) is 38.2 Å². The summed E-state index contributed by atoms with van der Waals surface area (Å²) in [4.78, 5) is 80.1. The number of likely N-dealkylation sites (N-methyl/N-ethyl adjacent to an activating group) is 1. The van der Waals surface area contributed by atoms with E-state index in [-0.39, 0.29) is 36.9 Å². The molecule has 2 aromatic carbocycles. The van der Waals surface area contributed by atoms with Crippen molar-refractivity contribution in [3.8, 4) is 0 Å². The van der Waals surface area contributed by atoms with Gasteiger partial charge in [-0.3, -0.25) is 28.9 Å². The van der Waals surface area contributed by atoms with Crippen LogP contribution in [0.25, 0.3) is 0 Å². The first-order valence-electron chi connectivity index (χ1n) is 12.1. The molecule has 11 heteroatoms. The molecule has 1 saturated heterocycles. The average Bonchev–Trinajstić information content (AvgIpc) is 3.13. The van der Waals surface area contributed by atoms with Crippen LogP contribution in [-0.2, 0) is 30.3 Å². The molecule has 2 aliphatic heterocycles. The number of amides is 5. The Bertz CT molecular complexity index is 1240. The van der Waals surface area contributed by atoms with Gasteiger partial charge >= 0.3 is 5.97 Å². The van der Waals surface area contributed by atoms with Gasteiger partial charge in [0.2, 0.25) is 11.8 Å². The van der Waals surface area contributed by atoms with Crippen LogP contribution in [0.5, 0.6) is 0 Å². The molecule has 5 amide bonds. The van der Waals surface area contributed by atoms with Crippen LogP contribution in [0.2, 0.25) is 0 Å². The lowest BCUT2D eigenvalue weighted by atomic mass is 10.0. The topological polar surface area (TPSA) is 133 Å². The first-order valence-corrected chi connectivity index (χ1v) is 12.1. The van der Waals surface area contributed by atoms with E-state index in [9.17, 15) is 28.8 Å². The van der Waals surface area contributed by atoms with Gasteiger partial charge in [-0.15, -0.1) is 0 Å². The molecule has 1 fully saturated rings. The maximum atomic E-state index is 13.2. The first-order chi connectivity index (χ1) is 18.2. The van der Waals surface area contributed by atoms with Crippen molar-refractivity contribution in [1.82, 2.24) is 20.0 Å². The molecule has 2 atom stereocenters. The summed E-state index contributed by atoms with van der Waals surface area (Å²) in [5.74, 6) is -3.84. The number of carbonyl (C=O) groups excluding carboxylic acids is 6. The van der Waals surface area contributed by atoms with Gasteiger partial charge in [0, 0.05) is 12.8 Å². The number of imide groups is 2. The van der Waals surface area contributed by atoms with Crippen LogP contribution in [-0.4, -0.2) is 89.7 Å². The summed E-state index contributed by atoms with van der Waals surface area (Å²) in [5, 5.41) is 2.64. The monoisotopic (exact) mass is 520 g/mol. The van der Waals surface area contributed by atoms with Gasteiger partial charge in [-0.25, -0.2) is 9.69 Å². The van der Waals surface area contributed by atoms with Gasteiger partial charge in [0.25, 0.3) is 17.7 Å². The number of hydrogen-bond acceptors (Lipinski definition) is 8. The van der Waals surface area contributed by atoms with E-state index in [1.54, 1.807) is 55.4 Å². The lowest BCUT2D eigenvalue weighted by molar-refractivity contribution is -0.165. The van der Waals surface area contributed by atoms with E-state index in [1.165, 1.54) is 12.1 Å². The van der Waals surface area contributed by atoms with Crippen molar-refractivity contribution in [3.63, 3.8) is 0 Å². The predicted octanol–water partition coefficient (Wildman–Crippen LogP) is 0.590. The second-order valence-corrected chi connectivity index (χ2v) is 9.38. The normalized spacial score (nSPS) is 18.0. The summed E-state index contributed by atoms with van der Waals surface area (Å²) >= 11 is 0. The maximum absolute atomic E-state index is 13.2. The Morgan fingerprint density at radius 3 is 2.18 bits per heavy atom. The van der Waals surface area contributed by atoms with Crippen LogP contribution in [0.4, 0.5) is 0 Å². The second kappa shape index (κ2) is 11.3. The number of benzene rings is 2. The minimum Gasteiger partial charge on any atom is -0.442 e. The summed E-state index contributed by atoms with van der Waals surface area (Å²) in [5.41, 5.74) is 1.16. The lowest BCUT2D eigenvalue weighted by Crippen LogP contribution is -2.57. The fourth-order valence-corrected chi connectivity index (χ4v) is 4.49. The Morgan fingerprint density at radius 1 is 0.974 bits per heavy atom. The molecule has 0 aliphatic carbocycles. The molecule has 2 aliphatic rings. The number of likely N-dealkylation sites (tertiary alicyclic amines) is 1. The second-order valence-electron chi connectivity index (χ2n) is 9.38. The van der Waals surface area contributed by atoms with E-state index in [1.807, 2.05) is 6.07 Å². The Balaban J connectivity index is 1.45. The summed E-state index contributed by atoms with van der Waals surface area (Å²) in [6.45, 7) is -0.658. The highest BCUT2D eigenvalue weighted by atomic mass is 16.5. The molecule has 2 heterocycles. The lowest BCUT2D eigenvalue weighted by Gasteiger charge is -2.34. The maximum Gasteiger partial charge on any atom is 0.330 e. The van der Waals surface area contributed by atoms with Gasteiger partial charge < -0.3 is 15.0 Å². The molecule has 2 aromatic rings. The largest absolute Gasteiger partial charge is 0.442 e. The minimum atomic E-state index is -1.20. The molecular formula is C27H28N4O7. The number of ether oxygens (including phenoxy) is 1. The van der Waals surface area contributed by atoms with Crippen molar-refractivity contribution in [1.29, 1.82) is 0 Å². The minimum absolute atomic E-state index is 0.0230. The van der Waals surface area contributed by atoms with Crippen molar-refractivity contribution in [2.24, 2.45) is 0 Å². The molecule has 0 spiro atoms. The van der Waals surface area contributed by atoms with Crippen molar-refractivity contribution in [2.45, 2.75) is 31.3 Å². The van der Waals surface area contributed by atoms with Crippen molar-refractivity contribution >= 4 is 35.5 Å². The fourth-order valence-electron chi connectivity index (χ4n) is 4.49. The highest BCUT2D eigenvalue weighted by Crippen LogP contribution is 2.29. The molecule has 198 valence electrons. The number of hydrogen-bond donors (Lipinski definition) is 1. The third-order valence-electron chi connectivity index (χ3n) is 6.32. The smallest absolute Gasteiger partial charge is 0.330 e. The van der Waals surface area contributed by atoms with Crippen LogP contribution in [0.15, 0.2) is 54.6 Å². The van der Waals surface area contributed by atoms with Gasteiger partial charge in [-0.1, -0.05) is 42.5 Å². The van der Waals surface area contributed by atoms with Gasteiger partial charge in [0.15, 0.2) is 6.73 Å². The molecule has 38 heavy (non-hydrogen) atoms.